The summed E-state index contributed by atoms with van der Waals surface area (Å²) in [5.74, 6) is -0.195. The minimum absolute atomic E-state index is 0.0586. The Morgan fingerprint density at radius 3 is 2.36 bits per heavy atom. The lowest BCUT2D eigenvalue weighted by Crippen LogP contribution is -2.43. The molecule has 1 fully saturated rings. The number of benzene rings is 1. The van der Waals surface area contributed by atoms with Gasteiger partial charge in [0, 0.05) is 11.5 Å². The molecular weight excluding hydrogens is 318 g/mol. The number of aliphatic carboxylic acids is 1. The number of hydrogen-bond acceptors (Lipinski definition) is 3. The molecule has 0 bridgehead atoms. The maximum atomic E-state index is 13.1. The van der Waals surface area contributed by atoms with Crippen molar-refractivity contribution in [1.29, 1.82) is 0 Å². The van der Waals surface area contributed by atoms with E-state index in [0.29, 0.717) is 38.8 Å². The molecule has 1 aromatic carbocycles. The van der Waals surface area contributed by atoms with Gasteiger partial charge < -0.3 is 14.7 Å². The number of hydrogen-bond donors (Lipinski definition) is 1. The first-order chi connectivity index (χ1) is 11.8. The Bertz CT molecular complexity index is 669. The number of carboxylic acids is 1. The average Bonchev–Trinajstić information content (AvgIpc) is 2.59. The molecule has 0 spiro atoms. The highest BCUT2D eigenvalue weighted by molar-refractivity contribution is 5.97. The molecule has 25 heavy (non-hydrogen) atoms. The van der Waals surface area contributed by atoms with Crippen molar-refractivity contribution < 1.29 is 19.4 Å². The summed E-state index contributed by atoms with van der Waals surface area (Å²) in [6.45, 7) is 7.47. The van der Waals surface area contributed by atoms with E-state index in [1.807, 2.05) is 17.0 Å². The molecule has 0 aromatic heterocycles. The molecule has 5 nitrogen and oxygen atoms in total. The number of amides is 1. The van der Waals surface area contributed by atoms with E-state index in [2.05, 4.69) is 26.8 Å². The Kier molecular flexibility index (Phi) is 4.76. The summed E-state index contributed by atoms with van der Waals surface area (Å²) in [4.78, 5) is 26.0. The molecule has 5 heteroatoms. The van der Waals surface area contributed by atoms with Crippen molar-refractivity contribution >= 4 is 17.6 Å². The highest BCUT2D eigenvalue weighted by Gasteiger charge is 2.35. The molecule has 1 amide bonds. The molecule has 1 aromatic rings. The van der Waals surface area contributed by atoms with Crippen LogP contribution in [-0.2, 0) is 15.0 Å². The monoisotopic (exact) mass is 345 g/mol. The fourth-order valence-electron chi connectivity index (χ4n) is 3.88. The maximum absolute atomic E-state index is 13.1. The number of anilines is 1. The number of carboxylic acid groups (broad SMARTS) is 1. The van der Waals surface area contributed by atoms with Crippen molar-refractivity contribution in [3.8, 4) is 5.75 Å². The van der Waals surface area contributed by atoms with E-state index in [9.17, 15) is 9.59 Å². The first kappa shape index (κ1) is 17.8. The number of carbonyl (C=O) groups excluding carboxylic acids is 1. The van der Waals surface area contributed by atoms with Crippen LogP contribution in [0.15, 0.2) is 18.2 Å². The van der Waals surface area contributed by atoms with E-state index >= 15 is 0 Å². The zero-order chi connectivity index (χ0) is 18.2. The SMILES string of the molecule is CC(C)(C)c1cccc2c1OCCN2C(=O)C1CCC(C(=O)O)CC1. The van der Waals surface area contributed by atoms with Crippen LogP contribution in [0.1, 0.15) is 52.0 Å². The Labute approximate surface area is 149 Å². The van der Waals surface area contributed by atoms with Crippen molar-refractivity contribution in [2.75, 3.05) is 18.1 Å². The summed E-state index contributed by atoms with van der Waals surface area (Å²) in [7, 11) is 0. The van der Waals surface area contributed by atoms with Gasteiger partial charge in [0.15, 0.2) is 0 Å². The molecule has 0 unspecified atom stereocenters. The van der Waals surface area contributed by atoms with Gasteiger partial charge >= 0.3 is 5.97 Å². The summed E-state index contributed by atoms with van der Waals surface area (Å²) in [6, 6.07) is 5.99. The van der Waals surface area contributed by atoms with Crippen molar-refractivity contribution in [3.05, 3.63) is 23.8 Å². The predicted molar refractivity (Wildman–Crippen MR) is 96.1 cm³/mol. The fourth-order valence-corrected chi connectivity index (χ4v) is 3.88. The van der Waals surface area contributed by atoms with Crippen LogP contribution in [0.2, 0.25) is 0 Å². The molecule has 1 saturated carbocycles. The second-order valence-corrected chi connectivity index (χ2v) is 8.13. The van der Waals surface area contributed by atoms with Gasteiger partial charge in [-0.25, -0.2) is 0 Å². The van der Waals surface area contributed by atoms with Gasteiger partial charge in [-0.05, 0) is 37.2 Å². The van der Waals surface area contributed by atoms with Crippen molar-refractivity contribution in [2.45, 2.75) is 51.9 Å². The highest BCUT2D eigenvalue weighted by Crippen LogP contribution is 2.42. The summed E-state index contributed by atoms with van der Waals surface area (Å²) in [5.41, 5.74) is 1.90. The zero-order valence-electron chi connectivity index (χ0n) is 15.2. The van der Waals surface area contributed by atoms with Gasteiger partial charge in [-0.15, -0.1) is 0 Å². The van der Waals surface area contributed by atoms with Crippen LogP contribution in [0.3, 0.4) is 0 Å². The van der Waals surface area contributed by atoms with Crippen LogP contribution in [0, 0.1) is 11.8 Å². The number of ether oxygens (including phenoxy) is 1. The van der Waals surface area contributed by atoms with Gasteiger partial charge in [0.25, 0.3) is 0 Å². The molecule has 1 N–H and O–H groups in total. The molecule has 2 aliphatic rings. The minimum atomic E-state index is -0.738. The minimum Gasteiger partial charge on any atom is -0.489 e. The molecule has 0 saturated heterocycles. The first-order valence-corrected chi connectivity index (χ1v) is 9.09. The smallest absolute Gasteiger partial charge is 0.306 e. The predicted octanol–water partition coefficient (Wildman–Crippen LogP) is 3.60. The van der Waals surface area contributed by atoms with Crippen molar-refractivity contribution in [3.63, 3.8) is 0 Å². The van der Waals surface area contributed by atoms with Gasteiger partial charge in [0.05, 0.1) is 18.2 Å². The molecule has 1 aliphatic heterocycles. The standard InChI is InChI=1S/C20H27NO4/c1-20(2,3)15-5-4-6-16-17(15)25-12-11-21(16)18(22)13-7-9-14(10-8-13)19(23)24/h4-6,13-14H,7-12H2,1-3H3,(H,23,24). The second-order valence-electron chi connectivity index (χ2n) is 8.13. The van der Waals surface area contributed by atoms with E-state index in [1.165, 1.54) is 0 Å². The van der Waals surface area contributed by atoms with Crippen LogP contribution in [0.5, 0.6) is 5.75 Å². The van der Waals surface area contributed by atoms with Gasteiger partial charge in [-0.2, -0.15) is 0 Å². The normalized spacial score (nSPS) is 23.6. The van der Waals surface area contributed by atoms with Crippen LogP contribution >= 0.6 is 0 Å². The molecule has 0 atom stereocenters. The Morgan fingerprint density at radius 1 is 1.12 bits per heavy atom. The first-order valence-electron chi connectivity index (χ1n) is 9.09. The van der Waals surface area contributed by atoms with Crippen LogP contribution in [0.4, 0.5) is 5.69 Å². The van der Waals surface area contributed by atoms with Crippen LogP contribution < -0.4 is 9.64 Å². The van der Waals surface area contributed by atoms with E-state index in [4.69, 9.17) is 9.84 Å². The second kappa shape index (κ2) is 6.70. The Morgan fingerprint density at radius 2 is 1.76 bits per heavy atom. The van der Waals surface area contributed by atoms with Gasteiger partial charge in [-0.3, -0.25) is 9.59 Å². The van der Waals surface area contributed by atoms with Crippen molar-refractivity contribution in [1.82, 2.24) is 0 Å². The number of carbonyl (C=O) groups is 2. The third-order valence-electron chi connectivity index (χ3n) is 5.35. The quantitative estimate of drug-likeness (QED) is 0.889. The van der Waals surface area contributed by atoms with E-state index in [1.54, 1.807) is 0 Å². The van der Waals surface area contributed by atoms with Gasteiger partial charge in [0.1, 0.15) is 12.4 Å². The largest absolute Gasteiger partial charge is 0.489 e. The third-order valence-corrected chi connectivity index (χ3v) is 5.35. The molecule has 0 radical (unpaired) electrons. The third kappa shape index (κ3) is 3.51. The molecular formula is C20H27NO4. The maximum Gasteiger partial charge on any atom is 0.306 e. The molecule has 1 aliphatic carbocycles. The topological polar surface area (TPSA) is 66.8 Å². The van der Waals surface area contributed by atoms with E-state index in [0.717, 1.165) is 17.0 Å². The number of nitrogens with zero attached hydrogens (tertiary/aromatic N) is 1. The lowest BCUT2D eigenvalue weighted by molar-refractivity contribution is -0.144. The number of fused-ring (bicyclic) bond motifs is 1. The number of rotatable bonds is 2. The van der Waals surface area contributed by atoms with Crippen LogP contribution in [-0.4, -0.2) is 30.1 Å². The lowest BCUT2D eigenvalue weighted by atomic mass is 9.81. The summed E-state index contributed by atoms with van der Waals surface area (Å²) in [5, 5.41) is 9.14. The van der Waals surface area contributed by atoms with E-state index < -0.39 is 5.97 Å². The van der Waals surface area contributed by atoms with E-state index in [-0.39, 0.29) is 23.2 Å². The molecule has 3 rings (SSSR count). The summed E-state index contributed by atoms with van der Waals surface area (Å²) >= 11 is 0. The summed E-state index contributed by atoms with van der Waals surface area (Å²) in [6.07, 6.45) is 2.48. The summed E-state index contributed by atoms with van der Waals surface area (Å²) < 4.78 is 5.93. The average molecular weight is 345 g/mol. The number of para-hydroxylation sites is 1. The Hall–Kier alpha value is -2.04. The zero-order valence-corrected chi connectivity index (χ0v) is 15.2. The van der Waals surface area contributed by atoms with Crippen LogP contribution in [0.25, 0.3) is 0 Å². The lowest BCUT2D eigenvalue weighted by Gasteiger charge is -2.36. The van der Waals surface area contributed by atoms with Gasteiger partial charge in [0.2, 0.25) is 5.91 Å². The fraction of sp³-hybridized carbons (Fsp3) is 0.600. The van der Waals surface area contributed by atoms with Crippen molar-refractivity contribution in [2.24, 2.45) is 11.8 Å². The molecule has 1 heterocycles. The Balaban J connectivity index is 1.82. The highest BCUT2D eigenvalue weighted by atomic mass is 16.5. The molecule has 136 valence electrons. The van der Waals surface area contributed by atoms with Gasteiger partial charge in [-0.1, -0.05) is 32.9 Å².